The Morgan fingerprint density at radius 2 is 2.12 bits per heavy atom. The third kappa shape index (κ3) is 3.95. The quantitative estimate of drug-likeness (QED) is 0.372. The minimum atomic E-state index is -0.701. The molecule has 8 nitrogen and oxygen atoms in total. The summed E-state index contributed by atoms with van der Waals surface area (Å²) >= 11 is 1.42. The van der Waals surface area contributed by atoms with Crippen LogP contribution in [0, 0.1) is 10.1 Å². The zero-order valence-electron chi connectivity index (χ0n) is 13.5. The molecule has 2 N–H and O–H groups in total. The number of non-ortho nitro benzene ring substituents is 1. The molecule has 0 saturated heterocycles. The smallest absolute Gasteiger partial charge is 0.340 e. The van der Waals surface area contributed by atoms with Crippen molar-refractivity contribution >= 4 is 38.9 Å². The van der Waals surface area contributed by atoms with Crippen LogP contribution >= 0.6 is 11.3 Å². The number of fused-ring (bicyclic) bond motifs is 1. The molecule has 1 heterocycles. The largest absolute Gasteiger partial charge is 0.455 e. The van der Waals surface area contributed by atoms with Gasteiger partial charge in [0.05, 0.1) is 27.3 Å². The summed E-state index contributed by atoms with van der Waals surface area (Å²) in [5.74, 6) is -0.701. The van der Waals surface area contributed by atoms with E-state index >= 15 is 0 Å². The van der Waals surface area contributed by atoms with Crippen LogP contribution in [0.5, 0.6) is 0 Å². The summed E-state index contributed by atoms with van der Waals surface area (Å²) in [6.45, 7) is 0.0352. The van der Waals surface area contributed by atoms with E-state index in [1.807, 2.05) is 24.3 Å². The number of ether oxygens (including phenoxy) is 1. The average molecular weight is 373 g/mol. The number of nitro benzene ring substituents is 1. The molecule has 0 aliphatic heterocycles. The summed E-state index contributed by atoms with van der Waals surface area (Å²) in [6.07, 6.45) is 0. The van der Waals surface area contributed by atoms with E-state index in [9.17, 15) is 14.9 Å². The minimum absolute atomic E-state index is 0.0275. The Balaban J connectivity index is 1.78. The molecule has 134 valence electrons. The zero-order chi connectivity index (χ0) is 18.5. The van der Waals surface area contributed by atoms with Crippen LogP contribution in [0.2, 0.25) is 0 Å². The first kappa shape index (κ1) is 17.8. The van der Waals surface area contributed by atoms with Crippen LogP contribution in [-0.4, -0.2) is 34.1 Å². The van der Waals surface area contributed by atoms with E-state index in [4.69, 9.17) is 9.84 Å². The lowest BCUT2D eigenvalue weighted by atomic mass is 10.1. The van der Waals surface area contributed by atoms with Gasteiger partial charge in [0.1, 0.15) is 11.6 Å². The summed E-state index contributed by atoms with van der Waals surface area (Å²) in [4.78, 5) is 27.2. The van der Waals surface area contributed by atoms with Crippen molar-refractivity contribution in [2.24, 2.45) is 0 Å². The van der Waals surface area contributed by atoms with Crippen LogP contribution in [0.25, 0.3) is 10.2 Å². The lowest BCUT2D eigenvalue weighted by Gasteiger charge is -2.10. The van der Waals surface area contributed by atoms with Gasteiger partial charge in [-0.1, -0.05) is 12.1 Å². The number of nitro groups is 1. The van der Waals surface area contributed by atoms with Gasteiger partial charge in [-0.05, 0) is 18.2 Å². The van der Waals surface area contributed by atoms with Gasteiger partial charge in [-0.15, -0.1) is 11.3 Å². The molecule has 0 spiro atoms. The van der Waals surface area contributed by atoms with Crippen LogP contribution in [0.15, 0.2) is 42.5 Å². The van der Waals surface area contributed by atoms with Gasteiger partial charge in [0.25, 0.3) is 5.69 Å². The fourth-order valence-corrected chi connectivity index (χ4v) is 3.23. The number of benzene rings is 2. The zero-order valence-corrected chi connectivity index (χ0v) is 14.4. The standard InChI is InChI=1S/C17H15N3O5S/c21-8-7-18-13-6-5-11(20(23)24)9-12(13)17(22)25-10-16-19-14-3-1-2-4-15(14)26-16/h1-6,9,18,21H,7-8,10H2. The van der Waals surface area contributed by atoms with Crippen molar-refractivity contribution in [1.82, 2.24) is 4.98 Å². The number of hydrogen-bond acceptors (Lipinski definition) is 8. The summed E-state index contributed by atoms with van der Waals surface area (Å²) in [6, 6.07) is 11.4. The number of nitrogens with zero attached hydrogens (tertiary/aromatic N) is 2. The van der Waals surface area contributed by atoms with E-state index in [-0.39, 0.29) is 31.0 Å². The molecule has 0 radical (unpaired) electrons. The second kappa shape index (κ2) is 7.89. The second-order valence-corrected chi connectivity index (χ2v) is 6.40. The summed E-state index contributed by atoms with van der Waals surface area (Å²) in [5.41, 5.74) is 1.00. The van der Waals surface area contributed by atoms with Crippen molar-refractivity contribution in [2.75, 3.05) is 18.5 Å². The van der Waals surface area contributed by atoms with Gasteiger partial charge in [0.2, 0.25) is 0 Å². The van der Waals surface area contributed by atoms with Crippen molar-refractivity contribution in [2.45, 2.75) is 6.61 Å². The van der Waals surface area contributed by atoms with Crippen molar-refractivity contribution in [3.05, 3.63) is 63.1 Å². The fraction of sp³-hybridized carbons (Fsp3) is 0.176. The Labute approximate surface area is 152 Å². The predicted molar refractivity (Wildman–Crippen MR) is 97.4 cm³/mol. The van der Waals surface area contributed by atoms with E-state index in [0.29, 0.717) is 10.7 Å². The molecule has 3 rings (SSSR count). The molecule has 26 heavy (non-hydrogen) atoms. The number of nitrogens with one attached hydrogen (secondary N) is 1. The number of thiazole rings is 1. The Kier molecular flexibility index (Phi) is 5.40. The molecular formula is C17H15N3O5S. The van der Waals surface area contributed by atoms with Gasteiger partial charge >= 0.3 is 5.97 Å². The highest BCUT2D eigenvalue weighted by molar-refractivity contribution is 7.18. The lowest BCUT2D eigenvalue weighted by molar-refractivity contribution is -0.384. The van der Waals surface area contributed by atoms with Crippen molar-refractivity contribution in [3.63, 3.8) is 0 Å². The van der Waals surface area contributed by atoms with Gasteiger partial charge in [-0.3, -0.25) is 10.1 Å². The molecule has 0 aliphatic rings. The number of esters is 1. The number of para-hydroxylation sites is 1. The third-order valence-electron chi connectivity index (χ3n) is 3.53. The van der Waals surface area contributed by atoms with Crippen molar-refractivity contribution in [1.29, 1.82) is 0 Å². The van der Waals surface area contributed by atoms with E-state index in [1.54, 1.807) is 0 Å². The topological polar surface area (TPSA) is 115 Å². The SMILES string of the molecule is O=C(OCc1nc2ccccc2s1)c1cc([N+](=O)[O-])ccc1NCCO. The van der Waals surface area contributed by atoms with E-state index in [2.05, 4.69) is 10.3 Å². The van der Waals surface area contributed by atoms with E-state index < -0.39 is 10.9 Å². The normalized spacial score (nSPS) is 10.7. The Morgan fingerprint density at radius 3 is 2.85 bits per heavy atom. The van der Waals surface area contributed by atoms with Crippen LogP contribution in [-0.2, 0) is 11.3 Å². The molecule has 0 atom stereocenters. The number of aliphatic hydroxyl groups is 1. The van der Waals surface area contributed by atoms with Crippen LogP contribution in [0.1, 0.15) is 15.4 Å². The molecule has 1 aromatic heterocycles. The number of rotatable bonds is 7. The molecular weight excluding hydrogens is 358 g/mol. The monoisotopic (exact) mass is 373 g/mol. The fourth-order valence-electron chi connectivity index (χ4n) is 2.35. The summed E-state index contributed by atoms with van der Waals surface area (Å²) in [5, 5.41) is 23.4. The Morgan fingerprint density at radius 1 is 1.31 bits per heavy atom. The number of anilines is 1. The first-order chi connectivity index (χ1) is 12.6. The number of aromatic nitrogens is 1. The van der Waals surface area contributed by atoms with Crippen LogP contribution in [0.4, 0.5) is 11.4 Å². The molecule has 0 unspecified atom stereocenters. The molecule has 0 saturated carbocycles. The van der Waals surface area contributed by atoms with Gasteiger partial charge in [0.15, 0.2) is 0 Å². The molecule has 0 bridgehead atoms. The average Bonchev–Trinajstić information content (AvgIpc) is 3.07. The maximum Gasteiger partial charge on any atom is 0.340 e. The number of carbonyl (C=O) groups is 1. The molecule has 0 fully saturated rings. The molecule has 0 amide bonds. The van der Waals surface area contributed by atoms with E-state index in [1.165, 1.54) is 23.5 Å². The molecule has 2 aromatic carbocycles. The molecule has 3 aromatic rings. The van der Waals surface area contributed by atoms with Crippen LogP contribution in [0.3, 0.4) is 0 Å². The lowest BCUT2D eigenvalue weighted by Crippen LogP contribution is -2.12. The highest BCUT2D eigenvalue weighted by atomic mass is 32.1. The predicted octanol–water partition coefficient (Wildman–Crippen LogP) is 2.97. The van der Waals surface area contributed by atoms with Gasteiger partial charge in [0, 0.05) is 24.4 Å². The highest BCUT2D eigenvalue weighted by Gasteiger charge is 2.18. The maximum atomic E-state index is 12.4. The molecule has 9 heteroatoms. The van der Waals surface area contributed by atoms with Gasteiger partial charge in [-0.2, -0.15) is 0 Å². The second-order valence-electron chi connectivity index (χ2n) is 5.29. The number of aliphatic hydroxyl groups excluding tert-OH is 1. The minimum Gasteiger partial charge on any atom is -0.455 e. The number of carbonyl (C=O) groups excluding carboxylic acids is 1. The number of hydrogen-bond donors (Lipinski definition) is 2. The maximum absolute atomic E-state index is 12.4. The first-order valence-electron chi connectivity index (χ1n) is 7.73. The first-order valence-corrected chi connectivity index (χ1v) is 8.55. The van der Waals surface area contributed by atoms with Gasteiger partial charge in [-0.25, -0.2) is 9.78 Å². The summed E-state index contributed by atoms with van der Waals surface area (Å²) in [7, 11) is 0. The van der Waals surface area contributed by atoms with Crippen molar-refractivity contribution < 1.29 is 19.6 Å². The van der Waals surface area contributed by atoms with Crippen LogP contribution < -0.4 is 5.32 Å². The van der Waals surface area contributed by atoms with Gasteiger partial charge < -0.3 is 15.2 Å². The van der Waals surface area contributed by atoms with Crippen molar-refractivity contribution in [3.8, 4) is 0 Å². The molecule has 0 aliphatic carbocycles. The highest BCUT2D eigenvalue weighted by Crippen LogP contribution is 2.25. The Hall–Kier alpha value is -3.04. The van der Waals surface area contributed by atoms with E-state index in [0.717, 1.165) is 16.3 Å². The summed E-state index contributed by atoms with van der Waals surface area (Å²) < 4.78 is 6.27. The third-order valence-corrected chi connectivity index (χ3v) is 4.54. The Bertz CT molecular complexity index is 923.